The molecule has 2 saturated heterocycles. The number of hydrogen-bond donors (Lipinski definition) is 0. The van der Waals surface area contributed by atoms with Crippen LogP contribution in [0.15, 0.2) is 54.6 Å². The summed E-state index contributed by atoms with van der Waals surface area (Å²) in [5, 5.41) is 1.12. The van der Waals surface area contributed by atoms with Crippen molar-refractivity contribution in [3.8, 4) is 5.75 Å². The number of amides is 1. The second kappa shape index (κ2) is 8.87. The number of aromatic nitrogens is 1. The molecule has 6 nitrogen and oxygen atoms in total. The first-order valence-electron chi connectivity index (χ1n) is 11.6. The smallest absolute Gasteiger partial charge is 0.270 e. The maximum absolute atomic E-state index is 13.4. The zero-order chi connectivity index (χ0) is 22.1. The number of carbonyl (C=O) groups excluding carboxylic acids is 1. The van der Waals surface area contributed by atoms with Crippen LogP contribution in [-0.4, -0.2) is 72.7 Å². The molecular formula is C26H32N4O2. The number of nitrogens with zero attached hydrogens (tertiary/aromatic N) is 4. The molecule has 1 amide bonds. The molecule has 3 heterocycles. The van der Waals surface area contributed by atoms with Crippen molar-refractivity contribution in [2.24, 2.45) is 7.05 Å². The van der Waals surface area contributed by atoms with Gasteiger partial charge in [-0.1, -0.05) is 30.3 Å². The molecule has 0 bridgehead atoms. The number of piperidine rings is 1. The number of fused-ring (bicyclic) bond motifs is 1. The van der Waals surface area contributed by atoms with E-state index in [4.69, 9.17) is 4.74 Å². The van der Waals surface area contributed by atoms with E-state index in [1.54, 1.807) is 7.11 Å². The molecule has 0 spiro atoms. The molecule has 0 unspecified atom stereocenters. The van der Waals surface area contributed by atoms with E-state index >= 15 is 0 Å². The van der Waals surface area contributed by atoms with E-state index < -0.39 is 0 Å². The lowest BCUT2D eigenvalue weighted by Gasteiger charge is -2.44. The van der Waals surface area contributed by atoms with E-state index in [1.807, 2.05) is 41.9 Å². The van der Waals surface area contributed by atoms with Gasteiger partial charge in [-0.15, -0.1) is 0 Å². The summed E-state index contributed by atoms with van der Waals surface area (Å²) in [6.07, 6.45) is 2.22. The van der Waals surface area contributed by atoms with Crippen molar-refractivity contribution in [3.05, 3.63) is 60.3 Å². The molecule has 6 heteroatoms. The predicted molar refractivity (Wildman–Crippen MR) is 129 cm³/mol. The second-order valence-electron chi connectivity index (χ2n) is 8.89. The molecule has 1 aromatic heterocycles. The van der Waals surface area contributed by atoms with Crippen LogP contribution in [0.5, 0.6) is 5.75 Å². The van der Waals surface area contributed by atoms with Crippen LogP contribution in [0.1, 0.15) is 23.3 Å². The van der Waals surface area contributed by atoms with Gasteiger partial charge in [-0.05, 0) is 37.1 Å². The molecular weight excluding hydrogens is 400 g/mol. The average Bonchev–Trinajstić information content (AvgIpc) is 3.20. The van der Waals surface area contributed by atoms with Crippen LogP contribution in [-0.2, 0) is 7.05 Å². The fourth-order valence-corrected chi connectivity index (χ4v) is 5.31. The van der Waals surface area contributed by atoms with E-state index in [9.17, 15) is 4.79 Å². The third-order valence-corrected chi connectivity index (χ3v) is 7.11. The van der Waals surface area contributed by atoms with Gasteiger partial charge in [0.15, 0.2) is 0 Å². The van der Waals surface area contributed by atoms with Crippen molar-refractivity contribution < 1.29 is 9.53 Å². The van der Waals surface area contributed by atoms with Gasteiger partial charge in [-0.3, -0.25) is 9.69 Å². The Morgan fingerprint density at radius 2 is 1.72 bits per heavy atom. The highest BCUT2D eigenvalue weighted by molar-refractivity contribution is 5.98. The summed E-state index contributed by atoms with van der Waals surface area (Å²) in [6, 6.07) is 18.9. The van der Waals surface area contributed by atoms with Gasteiger partial charge in [0, 0.05) is 63.3 Å². The number of piperazine rings is 1. The third-order valence-electron chi connectivity index (χ3n) is 7.11. The summed E-state index contributed by atoms with van der Waals surface area (Å²) in [5.74, 6) is 1.09. The molecule has 32 heavy (non-hydrogen) atoms. The highest BCUT2D eigenvalue weighted by Crippen LogP contribution is 2.29. The first-order valence-corrected chi connectivity index (χ1v) is 11.6. The van der Waals surface area contributed by atoms with Gasteiger partial charge in [0.25, 0.3) is 5.91 Å². The van der Waals surface area contributed by atoms with Gasteiger partial charge in [-0.25, -0.2) is 0 Å². The molecule has 2 fully saturated rings. The van der Waals surface area contributed by atoms with Crippen LogP contribution in [0.25, 0.3) is 10.9 Å². The normalized spacial score (nSPS) is 20.0. The molecule has 0 radical (unpaired) electrons. The molecule has 168 valence electrons. The number of hydrogen-bond acceptors (Lipinski definition) is 4. The summed E-state index contributed by atoms with van der Waals surface area (Å²) >= 11 is 0. The number of rotatable bonds is 4. The van der Waals surface area contributed by atoms with E-state index in [0.29, 0.717) is 6.04 Å². The molecule has 0 aliphatic carbocycles. The van der Waals surface area contributed by atoms with Crippen LogP contribution >= 0.6 is 0 Å². The van der Waals surface area contributed by atoms with Gasteiger partial charge in [0.1, 0.15) is 11.4 Å². The molecule has 0 N–H and O–H groups in total. The van der Waals surface area contributed by atoms with Crippen LogP contribution in [0.2, 0.25) is 0 Å². The van der Waals surface area contributed by atoms with Gasteiger partial charge in [0.2, 0.25) is 0 Å². The number of benzene rings is 2. The Morgan fingerprint density at radius 1 is 0.969 bits per heavy atom. The van der Waals surface area contributed by atoms with Gasteiger partial charge >= 0.3 is 0 Å². The van der Waals surface area contributed by atoms with Gasteiger partial charge in [-0.2, -0.15) is 0 Å². The van der Waals surface area contributed by atoms with Crippen molar-refractivity contribution in [1.29, 1.82) is 0 Å². The van der Waals surface area contributed by atoms with Crippen LogP contribution in [0.4, 0.5) is 5.69 Å². The number of para-hydroxylation sites is 3. The lowest BCUT2D eigenvalue weighted by molar-refractivity contribution is 0.0555. The predicted octanol–water partition coefficient (Wildman–Crippen LogP) is 3.61. The largest absolute Gasteiger partial charge is 0.495 e. The quantitative estimate of drug-likeness (QED) is 0.632. The minimum Gasteiger partial charge on any atom is -0.495 e. The number of methoxy groups -OCH3 is 1. The van der Waals surface area contributed by atoms with E-state index in [2.05, 4.69) is 39.0 Å². The van der Waals surface area contributed by atoms with Crippen molar-refractivity contribution in [2.75, 3.05) is 51.3 Å². The average molecular weight is 433 g/mol. The zero-order valence-corrected chi connectivity index (χ0v) is 19.0. The van der Waals surface area contributed by atoms with E-state index in [0.717, 1.165) is 74.5 Å². The van der Waals surface area contributed by atoms with Crippen molar-refractivity contribution in [2.45, 2.75) is 18.9 Å². The van der Waals surface area contributed by atoms with Crippen molar-refractivity contribution in [1.82, 2.24) is 14.4 Å². The van der Waals surface area contributed by atoms with Gasteiger partial charge in [0.05, 0.1) is 12.8 Å². The maximum atomic E-state index is 13.4. The number of aryl methyl sites for hydroxylation is 1. The Bertz CT molecular complexity index is 1100. The monoisotopic (exact) mass is 432 g/mol. The fourth-order valence-electron chi connectivity index (χ4n) is 5.31. The van der Waals surface area contributed by atoms with Crippen molar-refractivity contribution >= 4 is 22.5 Å². The van der Waals surface area contributed by atoms with Crippen LogP contribution in [0, 0.1) is 0 Å². The number of ether oxygens (including phenoxy) is 1. The number of carbonyl (C=O) groups is 1. The molecule has 1 atom stereocenters. The van der Waals surface area contributed by atoms with Crippen LogP contribution < -0.4 is 9.64 Å². The van der Waals surface area contributed by atoms with Crippen LogP contribution in [0.3, 0.4) is 0 Å². The van der Waals surface area contributed by atoms with E-state index in [-0.39, 0.29) is 5.91 Å². The fraction of sp³-hybridized carbons (Fsp3) is 0.423. The lowest BCUT2D eigenvalue weighted by Crippen LogP contribution is -2.56. The minimum absolute atomic E-state index is 0.154. The molecule has 0 saturated carbocycles. The topological polar surface area (TPSA) is 41.0 Å². The molecule has 2 aromatic carbocycles. The standard InChI is InChI=1S/C26H32N4O2/c1-27-22-10-4-3-8-20(22)18-24(27)26(31)30-13-7-9-21(19-30)28-14-16-29(17-15-28)23-11-5-6-12-25(23)32-2/h3-6,8,10-12,18,21H,7,9,13-17,19H2,1-2H3/t21-/m1/s1. The highest BCUT2D eigenvalue weighted by atomic mass is 16.5. The molecule has 3 aromatic rings. The Morgan fingerprint density at radius 3 is 2.50 bits per heavy atom. The van der Waals surface area contributed by atoms with Gasteiger partial charge < -0.3 is 19.1 Å². The molecule has 2 aliphatic rings. The Kier molecular flexibility index (Phi) is 5.79. The summed E-state index contributed by atoms with van der Waals surface area (Å²) < 4.78 is 7.59. The summed E-state index contributed by atoms with van der Waals surface area (Å²) in [4.78, 5) is 20.4. The van der Waals surface area contributed by atoms with Crippen molar-refractivity contribution in [3.63, 3.8) is 0 Å². The summed E-state index contributed by atoms with van der Waals surface area (Å²) in [6.45, 7) is 5.65. The Hall–Kier alpha value is -2.99. The second-order valence-corrected chi connectivity index (χ2v) is 8.89. The minimum atomic E-state index is 0.154. The molecule has 5 rings (SSSR count). The lowest BCUT2D eigenvalue weighted by atomic mass is 10.0. The third kappa shape index (κ3) is 3.84. The molecule has 2 aliphatic heterocycles. The van der Waals surface area contributed by atoms with E-state index in [1.165, 1.54) is 5.69 Å². The number of anilines is 1. The summed E-state index contributed by atoms with van der Waals surface area (Å²) in [5.41, 5.74) is 3.07. The first kappa shape index (κ1) is 20.9. The first-order chi connectivity index (χ1) is 15.7. The number of likely N-dealkylation sites (tertiary alicyclic amines) is 1. The zero-order valence-electron chi connectivity index (χ0n) is 19.0. The Labute approximate surface area is 190 Å². The maximum Gasteiger partial charge on any atom is 0.270 e. The summed E-state index contributed by atoms with van der Waals surface area (Å²) in [7, 11) is 3.73. The Balaban J connectivity index is 1.24. The highest BCUT2D eigenvalue weighted by Gasteiger charge is 2.31. The SMILES string of the molecule is COc1ccccc1N1CCN([C@@H]2CCCN(C(=O)c3cc4ccccc4n3C)C2)CC1.